The van der Waals surface area contributed by atoms with Crippen molar-refractivity contribution in [3.05, 3.63) is 83.3 Å². The summed E-state index contributed by atoms with van der Waals surface area (Å²) < 4.78 is 2.31. The lowest BCUT2D eigenvalue weighted by Crippen LogP contribution is -2.43. The van der Waals surface area contributed by atoms with Crippen molar-refractivity contribution in [2.75, 3.05) is 0 Å². The Balaban J connectivity index is 1.55. The summed E-state index contributed by atoms with van der Waals surface area (Å²) in [5, 5.41) is 12.0. The standard InChI is InChI=1S/C24H28N4O2/c25-18(14-17-6-2-1-3-7-17)15-28(26)19-10-12-23-21(11-13-24(29)30)20-8-4-5-9-22(20)27(23)16-19/h1-9,15,19H,10-14,16,25-26H2,(H,29,30)/b18-15-. The Morgan fingerprint density at radius 1 is 1.17 bits per heavy atom. The summed E-state index contributed by atoms with van der Waals surface area (Å²) >= 11 is 0. The Bertz CT molecular complexity index is 1070. The molecule has 0 fully saturated rings. The third kappa shape index (κ3) is 4.19. The number of aliphatic carboxylic acids is 1. The van der Waals surface area contributed by atoms with E-state index in [1.54, 1.807) is 5.01 Å². The molecular weight excluding hydrogens is 376 g/mol. The van der Waals surface area contributed by atoms with E-state index in [1.807, 2.05) is 36.5 Å². The Morgan fingerprint density at radius 2 is 1.90 bits per heavy atom. The molecule has 4 rings (SSSR count). The molecule has 1 unspecified atom stereocenters. The first-order chi connectivity index (χ1) is 14.5. The number of carboxylic acids is 1. The highest BCUT2D eigenvalue weighted by molar-refractivity contribution is 5.86. The topological polar surface area (TPSA) is 97.5 Å². The van der Waals surface area contributed by atoms with Gasteiger partial charge < -0.3 is 20.4 Å². The van der Waals surface area contributed by atoms with Gasteiger partial charge in [-0.1, -0.05) is 48.5 Å². The maximum absolute atomic E-state index is 11.1. The van der Waals surface area contributed by atoms with Gasteiger partial charge in [-0.2, -0.15) is 0 Å². The molecule has 0 amide bonds. The first-order valence-electron chi connectivity index (χ1n) is 10.4. The van der Waals surface area contributed by atoms with Gasteiger partial charge in [0.15, 0.2) is 0 Å². The smallest absolute Gasteiger partial charge is 0.303 e. The second-order valence-electron chi connectivity index (χ2n) is 7.95. The second-order valence-corrected chi connectivity index (χ2v) is 7.95. The third-order valence-electron chi connectivity index (χ3n) is 5.88. The Kier molecular flexibility index (Phi) is 5.77. The van der Waals surface area contributed by atoms with Crippen LogP contribution in [0, 0.1) is 0 Å². The number of aromatic nitrogens is 1. The fourth-order valence-electron chi connectivity index (χ4n) is 4.46. The van der Waals surface area contributed by atoms with Crippen molar-refractivity contribution in [2.24, 2.45) is 11.6 Å². The number of hydrogen-bond donors (Lipinski definition) is 3. The molecule has 5 N–H and O–H groups in total. The number of hydrogen-bond acceptors (Lipinski definition) is 4. The van der Waals surface area contributed by atoms with Gasteiger partial charge in [-0.25, -0.2) is 5.84 Å². The van der Waals surface area contributed by atoms with E-state index in [2.05, 4.69) is 28.8 Å². The highest BCUT2D eigenvalue weighted by Crippen LogP contribution is 2.32. The number of para-hydroxylation sites is 1. The second kappa shape index (κ2) is 8.63. The number of aryl methyl sites for hydroxylation is 1. The van der Waals surface area contributed by atoms with Crippen molar-refractivity contribution < 1.29 is 9.90 Å². The first-order valence-corrected chi connectivity index (χ1v) is 10.4. The fourth-order valence-corrected chi connectivity index (χ4v) is 4.46. The lowest BCUT2D eigenvalue weighted by Gasteiger charge is -2.32. The molecule has 2 aromatic carbocycles. The average molecular weight is 405 g/mol. The van der Waals surface area contributed by atoms with Gasteiger partial charge in [0, 0.05) is 47.9 Å². The Labute approximate surface area is 176 Å². The summed E-state index contributed by atoms with van der Waals surface area (Å²) in [6.07, 6.45) is 4.99. The molecule has 156 valence electrons. The van der Waals surface area contributed by atoms with E-state index in [1.165, 1.54) is 5.69 Å². The minimum absolute atomic E-state index is 0.134. The van der Waals surface area contributed by atoms with E-state index < -0.39 is 5.97 Å². The lowest BCUT2D eigenvalue weighted by atomic mass is 9.99. The number of nitrogens with two attached hydrogens (primary N) is 2. The molecule has 30 heavy (non-hydrogen) atoms. The van der Waals surface area contributed by atoms with Crippen LogP contribution in [0.15, 0.2) is 66.5 Å². The van der Waals surface area contributed by atoms with Crippen molar-refractivity contribution >= 4 is 16.9 Å². The Hall–Kier alpha value is -3.25. The van der Waals surface area contributed by atoms with Gasteiger partial charge in [0.05, 0.1) is 6.04 Å². The maximum atomic E-state index is 11.1. The van der Waals surface area contributed by atoms with Gasteiger partial charge in [-0.3, -0.25) is 4.79 Å². The molecule has 6 nitrogen and oxygen atoms in total. The number of carboxylic acid groups (broad SMARTS) is 1. The molecule has 1 atom stereocenters. The quantitative estimate of drug-likeness (QED) is 0.415. The van der Waals surface area contributed by atoms with Gasteiger partial charge in [0.2, 0.25) is 0 Å². The van der Waals surface area contributed by atoms with E-state index in [4.69, 9.17) is 16.7 Å². The van der Waals surface area contributed by atoms with E-state index in [0.717, 1.165) is 47.1 Å². The minimum Gasteiger partial charge on any atom is -0.481 e. The van der Waals surface area contributed by atoms with Crippen LogP contribution in [0.3, 0.4) is 0 Å². The van der Waals surface area contributed by atoms with E-state index >= 15 is 0 Å². The highest BCUT2D eigenvalue weighted by Gasteiger charge is 2.26. The average Bonchev–Trinajstić information content (AvgIpc) is 3.06. The van der Waals surface area contributed by atoms with Crippen LogP contribution in [-0.4, -0.2) is 26.7 Å². The van der Waals surface area contributed by atoms with Crippen LogP contribution >= 0.6 is 0 Å². The van der Waals surface area contributed by atoms with E-state index in [9.17, 15) is 4.79 Å². The van der Waals surface area contributed by atoms with Gasteiger partial charge in [-0.05, 0) is 36.5 Å². The molecule has 1 aliphatic rings. The summed E-state index contributed by atoms with van der Waals surface area (Å²) in [6.45, 7) is 0.758. The molecule has 0 bridgehead atoms. The summed E-state index contributed by atoms with van der Waals surface area (Å²) in [7, 11) is 0. The largest absolute Gasteiger partial charge is 0.481 e. The molecule has 0 aliphatic carbocycles. The number of rotatable bonds is 7. The third-order valence-corrected chi connectivity index (χ3v) is 5.88. The number of fused-ring (bicyclic) bond motifs is 3. The van der Waals surface area contributed by atoms with Crippen LogP contribution in [0.1, 0.15) is 29.7 Å². The van der Waals surface area contributed by atoms with E-state index in [-0.39, 0.29) is 12.5 Å². The molecule has 1 aromatic heterocycles. The predicted octanol–water partition coefficient (Wildman–Crippen LogP) is 3.19. The molecule has 0 saturated carbocycles. The maximum Gasteiger partial charge on any atom is 0.303 e. The fraction of sp³-hybridized carbons (Fsp3) is 0.292. The first kappa shape index (κ1) is 20.0. The van der Waals surface area contributed by atoms with Gasteiger partial charge >= 0.3 is 5.97 Å². The van der Waals surface area contributed by atoms with Crippen molar-refractivity contribution in [1.29, 1.82) is 0 Å². The molecule has 0 saturated heterocycles. The van der Waals surface area contributed by atoms with E-state index in [0.29, 0.717) is 12.8 Å². The molecule has 1 aliphatic heterocycles. The number of benzene rings is 2. The van der Waals surface area contributed by atoms with Crippen LogP contribution in [-0.2, 0) is 30.6 Å². The molecule has 3 aromatic rings. The molecule has 0 radical (unpaired) electrons. The van der Waals surface area contributed by atoms with Crippen molar-refractivity contribution in [3.63, 3.8) is 0 Å². The Morgan fingerprint density at radius 3 is 2.67 bits per heavy atom. The van der Waals surface area contributed by atoms with Crippen molar-refractivity contribution in [1.82, 2.24) is 9.58 Å². The predicted molar refractivity (Wildman–Crippen MR) is 118 cm³/mol. The molecule has 2 heterocycles. The highest BCUT2D eigenvalue weighted by atomic mass is 16.4. The van der Waals surface area contributed by atoms with Gasteiger partial charge in [-0.15, -0.1) is 0 Å². The SMILES string of the molecule is N/C(=C\N(N)C1CCc2c(CCC(=O)O)c3ccccc3n2C1)Cc1ccccc1. The normalized spacial score (nSPS) is 16.4. The number of nitrogens with zero attached hydrogens (tertiary/aromatic N) is 2. The van der Waals surface area contributed by atoms with Gasteiger partial charge in [0.25, 0.3) is 0 Å². The molecule has 0 spiro atoms. The van der Waals surface area contributed by atoms with Crippen LogP contribution < -0.4 is 11.6 Å². The van der Waals surface area contributed by atoms with Crippen LogP contribution in [0.25, 0.3) is 10.9 Å². The number of hydrazine groups is 1. The monoisotopic (exact) mass is 404 g/mol. The zero-order chi connectivity index (χ0) is 21.1. The molecule has 6 heteroatoms. The number of carbonyl (C=O) groups is 1. The summed E-state index contributed by atoms with van der Waals surface area (Å²) in [4.78, 5) is 11.1. The van der Waals surface area contributed by atoms with Crippen LogP contribution in [0.2, 0.25) is 0 Å². The summed E-state index contributed by atoms with van der Waals surface area (Å²) in [5.41, 5.74) is 11.7. The van der Waals surface area contributed by atoms with Crippen LogP contribution in [0.4, 0.5) is 0 Å². The zero-order valence-corrected chi connectivity index (χ0v) is 17.0. The summed E-state index contributed by atoms with van der Waals surface area (Å²) in [6, 6.07) is 18.5. The van der Waals surface area contributed by atoms with Crippen molar-refractivity contribution in [2.45, 2.75) is 44.7 Å². The molecular formula is C24H28N4O2. The minimum atomic E-state index is -0.764. The van der Waals surface area contributed by atoms with Gasteiger partial charge in [0.1, 0.15) is 0 Å². The van der Waals surface area contributed by atoms with Crippen molar-refractivity contribution in [3.8, 4) is 0 Å². The zero-order valence-electron chi connectivity index (χ0n) is 17.0. The number of allylic oxidation sites excluding steroid dienone is 1. The lowest BCUT2D eigenvalue weighted by molar-refractivity contribution is -0.136. The summed E-state index contributed by atoms with van der Waals surface area (Å²) in [5.74, 6) is 5.63. The van der Waals surface area contributed by atoms with Crippen LogP contribution in [0.5, 0.6) is 0 Å².